The van der Waals surface area contributed by atoms with Crippen molar-refractivity contribution in [1.29, 1.82) is 0 Å². The molecule has 0 fully saturated rings. The quantitative estimate of drug-likeness (QED) is 0.543. The van der Waals surface area contributed by atoms with E-state index in [2.05, 4.69) is 4.99 Å². The fourth-order valence-corrected chi connectivity index (χ4v) is 2.90. The lowest BCUT2D eigenvalue weighted by atomic mass is 10.1. The summed E-state index contributed by atoms with van der Waals surface area (Å²) in [7, 11) is 4.53. The van der Waals surface area contributed by atoms with Crippen LogP contribution in [0.2, 0.25) is 10.0 Å². The first-order valence-electron chi connectivity index (χ1n) is 7.74. The van der Waals surface area contributed by atoms with Gasteiger partial charge in [-0.15, -0.1) is 0 Å². The molecule has 0 spiro atoms. The van der Waals surface area contributed by atoms with Gasteiger partial charge in [0, 0.05) is 5.02 Å². The summed E-state index contributed by atoms with van der Waals surface area (Å²) in [6, 6.07) is 8.22. The smallest absolute Gasteiger partial charge is 0.363 e. The summed E-state index contributed by atoms with van der Waals surface area (Å²) in [5.41, 5.74) is 1.17. The first kappa shape index (κ1) is 19.1. The van der Waals surface area contributed by atoms with Crippen molar-refractivity contribution >= 4 is 41.1 Å². The summed E-state index contributed by atoms with van der Waals surface area (Å²) >= 11 is 12.1. The summed E-state index contributed by atoms with van der Waals surface area (Å²) < 4.78 is 21.1. The molecule has 8 heteroatoms. The molecule has 6 nitrogen and oxygen atoms in total. The number of carbonyl (C=O) groups excluding carboxylic acids is 1. The minimum Gasteiger partial charge on any atom is -0.493 e. The van der Waals surface area contributed by atoms with Gasteiger partial charge in [0.25, 0.3) is 0 Å². The fourth-order valence-electron chi connectivity index (χ4n) is 2.53. The van der Waals surface area contributed by atoms with Crippen LogP contribution in [0, 0.1) is 0 Å². The largest absolute Gasteiger partial charge is 0.493 e. The van der Waals surface area contributed by atoms with Crippen molar-refractivity contribution in [1.82, 2.24) is 0 Å². The van der Waals surface area contributed by atoms with Crippen LogP contribution in [-0.2, 0) is 9.53 Å². The van der Waals surface area contributed by atoms with E-state index < -0.39 is 5.97 Å². The van der Waals surface area contributed by atoms with E-state index in [1.54, 1.807) is 36.4 Å². The molecule has 0 unspecified atom stereocenters. The van der Waals surface area contributed by atoms with E-state index in [1.807, 2.05) is 0 Å². The molecule has 1 aliphatic rings. The Morgan fingerprint density at radius 3 is 2.26 bits per heavy atom. The van der Waals surface area contributed by atoms with Crippen molar-refractivity contribution in [2.24, 2.45) is 4.99 Å². The minimum atomic E-state index is -0.602. The highest BCUT2D eigenvalue weighted by Crippen LogP contribution is 2.39. The third kappa shape index (κ3) is 3.86. The second-order valence-corrected chi connectivity index (χ2v) is 6.26. The van der Waals surface area contributed by atoms with Gasteiger partial charge in [0.2, 0.25) is 11.6 Å². The van der Waals surface area contributed by atoms with E-state index >= 15 is 0 Å². The number of halogens is 2. The second kappa shape index (κ2) is 7.90. The third-order valence-corrected chi connectivity index (χ3v) is 4.33. The SMILES string of the molecule is COc1cc(/C=C2\N=C(c3cc(Cl)ccc3Cl)OC2=O)cc(OC)c1OC. The Bertz CT molecular complexity index is 944. The van der Waals surface area contributed by atoms with Gasteiger partial charge in [0.1, 0.15) is 0 Å². The van der Waals surface area contributed by atoms with Crippen LogP contribution in [0.3, 0.4) is 0 Å². The van der Waals surface area contributed by atoms with Gasteiger partial charge in [-0.2, -0.15) is 0 Å². The predicted octanol–water partition coefficient (Wildman–Crippen LogP) is 4.36. The predicted molar refractivity (Wildman–Crippen MR) is 103 cm³/mol. The average Bonchev–Trinajstić information content (AvgIpc) is 3.02. The lowest BCUT2D eigenvalue weighted by Gasteiger charge is -2.12. The third-order valence-electron chi connectivity index (χ3n) is 3.77. The molecule has 0 atom stereocenters. The highest BCUT2D eigenvalue weighted by Gasteiger charge is 2.26. The Kier molecular flexibility index (Phi) is 5.58. The zero-order chi connectivity index (χ0) is 19.6. The number of hydrogen-bond donors (Lipinski definition) is 0. The first-order chi connectivity index (χ1) is 13.0. The molecule has 0 saturated carbocycles. The maximum atomic E-state index is 12.2. The Hall–Kier alpha value is -2.70. The van der Waals surface area contributed by atoms with Crippen molar-refractivity contribution < 1.29 is 23.7 Å². The maximum absolute atomic E-state index is 12.2. The molecule has 0 radical (unpaired) electrons. The average molecular weight is 408 g/mol. The molecule has 140 valence electrons. The normalized spacial score (nSPS) is 14.8. The van der Waals surface area contributed by atoms with Gasteiger partial charge in [-0.05, 0) is 42.0 Å². The summed E-state index contributed by atoms with van der Waals surface area (Å²) in [5, 5.41) is 0.829. The van der Waals surface area contributed by atoms with E-state index in [4.69, 9.17) is 42.1 Å². The zero-order valence-corrected chi connectivity index (χ0v) is 16.2. The number of nitrogens with zero attached hydrogens (tertiary/aromatic N) is 1. The molecular weight excluding hydrogens is 393 g/mol. The Balaban J connectivity index is 2.03. The minimum absolute atomic E-state index is 0.0891. The summed E-state index contributed by atoms with van der Waals surface area (Å²) in [4.78, 5) is 16.5. The number of cyclic esters (lactones) is 1. The first-order valence-corrected chi connectivity index (χ1v) is 8.50. The van der Waals surface area contributed by atoms with Crippen LogP contribution in [0.1, 0.15) is 11.1 Å². The van der Waals surface area contributed by atoms with E-state index in [0.29, 0.717) is 38.4 Å². The molecule has 3 rings (SSSR count). The summed E-state index contributed by atoms with van der Waals surface area (Å²) in [6.07, 6.45) is 1.55. The van der Waals surface area contributed by atoms with E-state index in [9.17, 15) is 4.79 Å². The number of methoxy groups -OCH3 is 3. The van der Waals surface area contributed by atoms with Crippen molar-refractivity contribution in [3.63, 3.8) is 0 Å². The van der Waals surface area contributed by atoms with Gasteiger partial charge in [-0.3, -0.25) is 0 Å². The molecule has 27 heavy (non-hydrogen) atoms. The number of benzene rings is 2. The molecule has 1 aliphatic heterocycles. The van der Waals surface area contributed by atoms with E-state index in [1.165, 1.54) is 21.3 Å². The molecule has 0 amide bonds. The molecule has 2 aromatic rings. The molecule has 1 heterocycles. The van der Waals surface area contributed by atoms with Crippen LogP contribution in [-0.4, -0.2) is 33.2 Å². The van der Waals surface area contributed by atoms with Crippen LogP contribution in [0.15, 0.2) is 41.0 Å². The number of aliphatic imine (C=N–C) groups is 1. The number of rotatable bonds is 5. The van der Waals surface area contributed by atoms with Gasteiger partial charge in [-0.25, -0.2) is 9.79 Å². The lowest BCUT2D eigenvalue weighted by Crippen LogP contribution is -2.06. The van der Waals surface area contributed by atoms with Crippen molar-refractivity contribution in [2.45, 2.75) is 0 Å². The van der Waals surface area contributed by atoms with Crippen molar-refractivity contribution in [3.8, 4) is 17.2 Å². The summed E-state index contributed by atoms with van der Waals surface area (Å²) in [6.45, 7) is 0. The van der Waals surface area contributed by atoms with Gasteiger partial charge in [0.15, 0.2) is 17.2 Å². The Morgan fingerprint density at radius 1 is 1.00 bits per heavy atom. The Labute approximate surface area is 165 Å². The fraction of sp³-hybridized carbons (Fsp3) is 0.158. The number of hydrogen-bond acceptors (Lipinski definition) is 6. The highest BCUT2D eigenvalue weighted by atomic mass is 35.5. The molecule has 0 saturated heterocycles. The number of carbonyl (C=O) groups is 1. The van der Waals surface area contributed by atoms with Crippen LogP contribution in [0.5, 0.6) is 17.2 Å². The molecular formula is C19H15Cl2NO5. The maximum Gasteiger partial charge on any atom is 0.363 e. The Morgan fingerprint density at radius 2 is 1.67 bits per heavy atom. The zero-order valence-electron chi connectivity index (χ0n) is 14.7. The van der Waals surface area contributed by atoms with Crippen LogP contribution in [0.4, 0.5) is 0 Å². The van der Waals surface area contributed by atoms with Crippen LogP contribution >= 0.6 is 23.2 Å². The van der Waals surface area contributed by atoms with Crippen LogP contribution in [0.25, 0.3) is 6.08 Å². The number of esters is 1. The highest BCUT2D eigenvalue weighted by molar-refractivity contribution is 6.36. The van der Waals surface area contributed by atoms with Crippen LogP contribution < -0.4 is 14.2 Å². The van der Waals surface area contributed by atoms with Gasteiger partial charge in [-0.1, -0.05) is 23.2 Å². The monoisotopic (exact) mass is 407 g/mol. The van der Waals surface area contributed by atoms with Gasteiger partial charge in [0.05, 0.1) is 31.9 Å². The standard InChI is InChI=1S/C19H15Cl2NO5/c1-24-15-7-10(8-16(25-2)17(15)26-3)6-14-19(23)27-18(22-14)12-9-11(20)4-5-13(12)21/h4-9H,1-3H3/b14-6-. The molecule has 0 aromatic heterocycles. The topological polar surface area (TPSA) is 66.4 Å². The van der Waals surface area contributed by atoms with E-state index in [-0.39, 0.29) is 11.6 Å². The van der Waals surface area contributed by atoms with E-state index in [0.717, 1.165) is 0 Å². The second-order valence-electron chi connectivity index (χ2n) is 5.42. The molecule has 0 N–H and O–H groups in total. The summed E-state index contributed by atoms with van der Waals surface area (Å²) in [5.74, 6) is 0.848. The van der Waals surface area contributed by atoms with Gasteiger partial charge >= 0.3 is 5.97 Å². The molecule has 2 aromatic carbocycles. The molecule has 0 bridgehead atoms. The van der Waals surface area contributed by atoms with Crippen molar-refractivity contribution in [3.05, 3.63) is 57.2 Å². The number of ether oxygens (including phenoxy) is 4. The lowest BCUT2D eigenvalue weighted by molar-refractivity contribution is -0.129. The van der Waals surface area contributed by atoms with Crippen molar-refractivity contribution in [2.75, 3.05) is 21.3 Å². The van der Waals surface area contributed by atoms with Gasteiger partial charge < -0.3 is 18.9 Å². The molecule has 0 aliphatic carbocycles.